The molecule has 2 aromatic carbocycles. The molecule has 146 valence electrons. The number of amides is 1. The minimum Gasteiger partial charge on any atom is -0.352 e. The van der Waals surface area contributed by atoms with Crippen molar-refractivity contribution in [1.29, 1.82) is 0 Å². The minimum atomic E-state index is -0.539. The van der Waals surface area contributed by atoms with Gasteiger partial charge in [0.2, 0.25) is 5.91 Å². The molecule has 0 radical (unpaired) electrons. The van der Waals surface area contributed by atoms with Crippen LogP contribution in [0.3, 0.4) is 0 Å². The SMILES string of the molecule is CCn1nc(-c2ccc(Cl)c(F)c2)nc1CC(=O)NCc1cc(C)cc(Cl)c1. The third-order valence-corrected chi connectivity index (χ3v) is 4.66. The van der Waals surface area contributed by atoms with Crippen LogP contribution in [0.1, 0.15) is 23.9 Å². The van der Waals surface area contributed by atoms with Crippen molar-refractivity contribution in [1.82, 2.24) is 20.1 Å². The van der Waals surface area contributed by atoms with Crippen LogP contribution >= 0.6 is 23.2 Å². The van der Waals surface area contributed by atoms with Crippen LogP contribution in [-0.2, 0) is 24.3 Å². The van der Waals surface area contributed by atoms with Crippen LogP contribution in [0.15, 0.2) is 36.4 Å². The van der Waals surface area contributed by atoms with Crippen LogP contribution in [0.5, 0.6) is 0 Å². The van der Waals surface area contributed by atoms with Gasteiger partial charge >= 0.3 is 0 Å². The van der Waals surface area contributed by atoms with Crippen molar-refractivity contribution in [3.05, 3.63) is 69.2 Å². The van der Waals surface area contributed by atoms with Gasteiger partial charge in [0.25, 0.3) is 0 Å². The van der Waals surface area contributed by atoms with Gasteiger partial charge in [-0.2, -0.15) is 5.10 Å². The Kier molecular flexibility index (Phi) is 6.31. The van der Waals surface area contributed by atoms with Crippen LogP contribution in [0.2, 0.25) is 10.0 Å². The molecule has 0 saturated heterocycles. The molecule has 0 aliphatic rings. The standard InChI is InChI=1S/C20H19Cl2FN4O/c1-3-27-18(25-20(26-27)14-4-5-16(22)17(23)9-14)10-19(28)24-11-13-6-12(2)7-15(21)8-13/h4-9H,3,10-11H2,1-2H3,(H,24,28). The molecule has 0 saturated carbocycles. The first kappa shape index (κ1) is 20.3. The van der Waals surface area contributed by atoms with E-state index in [4.69, 9.17) is 23.2 Å². The van der Waals surface area contributed by atoms with Gasteiger partial charge in [-0.1, -0.05) is 29.3 Å². The van der Waals surface area contributed by atoms with Gasteiger partial charge in [0.1, 0.15) is 11.6 Å². The molecule has 8 heteroatoms. The summed E-state index contributed by atoms with van der Waals surface area (Å²) in [6.07, 6.45) is 0.0659. The number of rotatable bonds is 6. The zero-order valence-electron chi connectivity index (χ0n) is 15.5. The average Bonchev–Trinajstić information content (AvgIpc) is 3.04. The highest BCUT2D eigenvalue weighted by atomic mass is 35.5. The summed E-state index contributed by atoms with van der Waals surface area (Å²) in [6.45, 7) is 4.76. The van der Waals surface area contributed by atoms with E-state index >= 15 is 0 Å². The Hall–Kier alpha value is -2.44. The molecule has 1 N–H and O–H groups in total. The van der Waals surface area contributed by atoms with Gasteiger partial charge in [0.15, 0.2) is 5.82 Å². The van der Waals surface area contributed by atoms with Gasteiger partial charge in [-0.3, -0.25) is 4.79 Å². The lowest BCUT2D eigenvalue weighted by Gasteiger charge is -2.07. The largest absolute Gasteiger partial charge is 0.352 e. The lowest BCUT2D eigenvalue weighted by atomic mass is 10.1. The second-order valence-corrected chi connectivity index (χ2v) is 7.23. The summed E-state index contributed by atoms with van der Waals surface area (Å²) in [7, 11) is 0. The Labute approximate surface area is 172 Å². The highest BCUT2D eigenvalue weighted by molar-refractivity contribution is 6.31. The van der Waals surface area contributed by atoms with E-state index in [0.717, 1.165) is 11.1 Å². The maximum Gasteiger partial charge on any atom is 0.227 e. The van der Waals surface area contributed by atoms with Gasteiger partial charge in [-0.05, 0) is 55.3 Å². The lowest BCUT2D eigenvalue weighted by Crippen LogP contribution is -2.26. The Morgan fingerprint density at radius 1 is 1.21 bits per heavy atom. The summed E-state index contributed by atoms with van der Waals surface area (Å²) in [5.41, 5.74) is 2.46. The molecule has 3 aromatic rings. The smallest absolute Gasteiger partial charge is 0.227 e. The van der Waals surface area contributed by atoms with Crippen molar-refractivity contribution in [3.63, 3.8) is 0 Å². The normalized spacial score (nSPS) is 10.9. The predicted molar refractivity (Wildman–Crippen MR) is 108 cm³/mol. The lowest BCUT2D eigenvalue weighted by molar-refractivity contribution is -0.120. The summed E-state index contributed by atoms with van der Waals surface area (Å²) < 4.78 is 15.3. The van der Waals surface area contributed by atoms with E-state index in [9.17, 15) is 9.18 Å². The number of aryl methyl sites for hydroxylation is 2. The van der Waals surface area contributed by atoms with Crippen LogP contribution in [-0.4, -0.2) is 20.7 Å². The molecule has 0 fully saturated rings. The van der Waals surface area contributed by atoms with Gasteiger partial charge in [-0.25, -0.2) is 14.1 Å². The first-order valence-electron chi connectivity index (χ1n) is 8.77. The van der Waals surface area contributed by atoms with Crippen LogP contribution in [0, 0.1) is 12.7 Å². The highest BCUT2D eigenvalue weighted by Gasteiger charge is 2.15. The molecule has 0 bridgehead atoms. The molecule has 0 atom stereocenters. The first-order valence-corrected chi connectivity index (χ1v) is 9.53. The monoisotopic (exact) mass is 420 g/mol. The Balaban J connectivity index is 1.71. The zero-order chi connectivity index (χ0) is 20.3. The number of halogens is 3. The molecule has 1 amide bonds. The van der Waals surface area contributed by atoms with Gasteiger partial charge < -0.3 is 5.32 Å². The molecular weight excluding hydrogens is 402 g/mol. The number of hydrogen-bond donors (Lipinski definition) is 1. The highest BCUT2D eigenvalue weighted by Crippen LogP contribution is 2.22. The summed E-state index contributed by atoms with van der Waals surface area (Å²) in [4.78, 5) is 16.8. The molecule has 28 heavy (non-hydrogen) atoms. The summed E-state index contributed by atoms with van der Waals surface area (Å²) >= 11 is 11.8. The topological polar surface area (TPSA) is 59.8 Å². The fraction of sp³-hybridized carbons (Fsp3) is 0.250. The second-order valence-electron chi connectivity index (χ2n) is 6.39. The Morgan fingerprint density at radius 3 is 2.68 bits per heavy atom. The van der Waals surface area contributed by atoms with E-state index in [2.05, 4.69) is 15.4 Å². The van der Waals surface area contributed by atoms with Crippen molar-refractivity contribution in [3.8, 4) is 11.4 Å². The third kappa shape index (κ3) is 4.88. The van der Waals surface area contributed by atoms with E-state index in [0.29, 0.717) is 35.3 Å². The number of nitrogens with zero attached hydrogens (tertiary/aromatic N) is 3. The average molecular weight is 421 g/mol. The quantitative estimate of drug-likeness (QED) is 0.634. The molecule has 0 spiro atoms. The number of hydrogen-bond acceptors (Lipinski definition) is 3. The van der Waals surface area contributed by atoms with Crippen molar-refractivity contribution in [2.45, 2.75) is 33.4 Å². The van der Waals surface area contributed by atoms with E-state index in [1.54, 1.807) is 10.7 Å². The first-order chi connectivity index (χ1) is 13.4. The van der Waals surface area contributed by atoms with E-state index in [-0.39, 0.29) is 17.4 Å². The summed E-state index contributed by atoms with van der Waals surface area (Å²) in [5.74, 6) is 0.134. The van der Waals surface area contributed by atoms with Crippen LogP contribution < -0.4 is 5.32 Å². The van der Waals surface area contributed by atoms with Gasteiger partial charge in [0, 0.05) is 23.7 Å². The van der Waals surface area contributed by atoms with Gasteiger partial charge in [0.05, 0.1) is 11.4 Å². The van der Waals surface area contributed by atoms with E-state index in [1.165, 1.54) is 12.1 Å². The van der Waals surface area contributed by atoms with E-state index < -0.39 is 5.82 Å². The Morgan fingerprint density at radius 2 is 2.00 bits per heavy atom. The zero-order valence-corrected chi connectivity index (χ0v) is 17.0. The fourth-order valence-electron chi connectivity index (χ4n) is 2.84. The van der Waals surface area contributed by atoms with Crippen molar-refractivity contribution in [2.24, 2.45) is 0 Å². The van der Waals surface area contributed by atoms with Crippen molar-refractivity contribution in [2.75, 3.05) is 0 Å². The third-order valence-electron chi connectivity index (χ3n) is 4.14. The molecule has 3 rings (SSSR count). The van der Waals surface area contributed by atoms with Crippen molar-refractivity contribution >= 4 is 29.1 Å². The molecule has 1 aromatic heterocycles. The molecule has 0 aliphatic carbocycles. The number of aromatic nitrogens is 3. The van der Waals surface area contributed by atoms with Crippen LogP contribution in [0.25, 0.3) is 11.4 Å². The predicted octanol–water partition coefficient (Wildman–Crippen LogP) is 4.58. The molecule has 0 aliphatic heterocycles. The van der Waals surface area contributed by atoms with Crippen LogP contribution in [0.4, 0.5) is 4.39 Å². The molecule has 1 heterocycles. The van der Waals surface area contributed by atoms with E-state index in [1.807, 2.05) is 32.0 Å². The number of carbonyl (C=O) groups excluding carboxylic acids is 1. The van der Waals surface area contributed by atoms with Crippen molar-refractivity contribution < 1.29 is 9.18 Å². The fourth-order valence-corrected chi connectivity index (χ4v) is 3.27. The van der Waals surface area contributed by atoms with Gasteiger partial charge in [-0.15, -0.1) is 0 Å². The maximum atomic E-state index is 13.7. The number of carbonyl (C=O) groups is 1. The molecule has 5 nitrogen and oxygen atoms in total. The summed E-state index contributed by atoms with van der Waals surface area (Å²) in [5, 5.41) is 7.90. The number of nitrogens with one attached hydrogen (secondary N) is 1. The Bertz CT molecular complexity index is 999. The minimum absolute atomic E-state index is 0.0366. The number of benzene rings is 2. The summed E-state index contributed by atoms with van der Waals surface area (Å²) in [6, 6.07) is 10.0. The second kappa shape index (κ2) is 8.71. The molecular formula is C20H19Cl2FN4O. The maximum absolute atomic E-state index is 13.7. The molecule has 0 unspecified atom stereocenters.